The van der Waals surface area contributed by atoms with E-state index >= 15 is 0 Å². The molecule has 0 bridgehead atoms. The van der Waals surface area contributed by atoms with Crippen LogP contribution in [0.4, 0.5) is 5.00 Å². The summed E-state index contributed by atoms with van der Waals surface area (Å²) < 4.78 is 0. The second kappa shape index (κ2) is 5.19. The van der Waals surface area contributed by atoms with Crippen molar-refractivity contribution in [2.24, 2.45) is 10.7 Å². The van der Waals surface area contributed by atoms with Crippen LogP contribution in [0.2, 0.25) is 0 Å². The third kappa shape index (κ3) is 2.97. The molecular formula is C13H17N3S. The van der Waals surface area contributed by atoms with E-state index < -0.39 is 0 Å². The van der Waals surface area contributed by atoms with E-state index in [0.29, 0.717) is 12.5 Å². The van der Waals surface area contributed by atoms with Crippen molar-refractivity contribution >= 4 is 22.3 Å². The molecule has 0 aromatic carbocycles. The lowest BCUT2D eigenvalue weighted by molar-refractivity contribution is 1.05. The Hall–Kier alpha value is -1.55. The molecule has 0 radical (unpaired) electrons. The molecule has 0 amide bonds. The van der Waals surface area contributed by atoms with Crippen molar-refractivity contribution in [1.29, 1.82) is 0 Å². The Morgan fingerprint density at radius 3 is 3.24 bits per heavy atom. The van der Waals surface area contributed by atoms with Gasteiger partial charge in [-0.2, -0.15) is 0 Å². The fraction of sp³-hybridized carbons (Fsp3) is 0.308. The minimum Gasteiger partial charge on any atom is -0.370 e. The molecule has 1 aromatic heterocycles. The van der Waals surface area contributed by atoms with Gasteiger partial charge in [-0.1, -0.05) is 23.8 Å². The summed E-state index contributed by atoms with van der Waals surface area (Å²) in [6, 6.07) is 2.22. The minimum atomic E-state index is 0.520. The highest BCUT2D eigenvalue weighted by atomic mass is 32.1. The van der Waals surface area contributed by atoms with Gasteiger partial charge in [0.2, 0.25) is 0 Å². The van der Waals surface area contributed by atoms with Gasteiger partial charge >= 0.3 is 0 Å². The molecule has 3 nitrogen and oxygen atoms in total. The number of nitrogens with zero attached hydrogens (tertiary/aromatic N) is 1. The van der Waals surface area contributed by atoms with Gasteiger partial charge < -0.3 is 11.1 Å². The number of guanidine groups is 1. The van der Waals surface area contributed by atoms with Crippen LogP contribution in [0, 0.1) is 0 Å². The number of fused-ring (bicyclic) bond motifs is 1. The maximum absolute atomic E-state index is 5.65. The zero-order valence-electron chi connectivity index (χ0n) is 10.2. The van der Waals surface area contributed by atoms with Gasteiger partial charge in [0.05, 0.1) is 6.54 Å². The monoisotopic (exact) mass is 247 g/mol. The van der Waals surface area contributed by atoms with Crippen LogP contribution in [0.25, 0.3) is 0 Å². The van der Waals surface area contributed by atoms with Crippen molar-refractivity contribution in [3.05, 3.63) is 40.3 Å². The molecule has 0 fully saturated rings. The summed E-state index contributed by atoms with van der Waals surface area (Å²) in [6.45, 7) is 4.87. The first-order valence-corrected chi connectivity index (χ1v) is 6.47. The second-order valence-electron chi connectivity index (χ2n) is 4.11. The predicted octanol–water partition coefficient (Wildman–Crippen LogP) is 3.05. The molecular weight excluding hydrogens is 230 g/mol. The molecule has 17 heavy (non-hydrogen) atoms. The standard InChI is InChI=1S/C13H17N3S/c1-3-4-5-9(2)6-11-7-10-8-15-13(14)16-12(10)17-11/h3-5,7H,6,8H2,1-2H3,(H3,14,15,16). The number of nitrogens with one attached hydrogen (secondary N) is 1. The van der Waals surface area contributed by atoms with E-state index in [9.17, 15) is 0 Å². The highest BCUT2D eigenvalue weighted by Gasteiger charge is 2.13. The molecule has 0 unspecified atom stereocenters. The molecule has 2 heterocycles. The smallest absolute Gasteiger partial charge is 0.194 e. The van der Waals surface area contributed by atoms with Crippen LogP contribution in [-0.4, -0.2) is 5.96 Å². The van der Waals surface area contributed by atoms with Crippen LogP contribution < -0.4 is 11.1 Å². The number of nitrogens with two attached hydrogens (primary N) is 1. The molecule has 0 aliphatic carbocycles. The topological polar surface area (TPSA) is 50.4 Å². The van der Waals surface area contributed by atoms with Crippen molar-refractivity contribution in [2.75, 3.05) is 5.32 Å². The van der Waals surface area contributed by atoms with E-state index in [4.69, 9.17) is 5.73 Å². The van der Waals surface area contributed by atoms with E-state index in [1.54, 1.807) is 11.3 Å². The normalized spacial score (nSPS) is 15.6. The molecule has 90 valence electrons. The molecule has 3 N–H and O–H groups in total. The molecule has 2 rings (SSSR count). The first-order chi connectivity index (χ1) is 8.19. The van der Waals surface area contributed by atoms with E-state index in [-0.39, 0.29) is 0 Å². The Morgan fingerprint density at radius 1 is 1.65 bits per heavy atom. The first kappa shape index (κ1) is 11.9. The van der Waals surface area contributed by atoms with Gasteiger partial charge in [0.25, 0.3) is 0 Å². The van der Waals surface area contributed by atoms with Crippen molar-refractivity contribution in [3.63, 3.8) is 0 Å². The van der Waals surface area contributed by atoms with Crippen LogP contribution in [0.5, 0.6) is 0 Å². The number of rotatable bonds is 3. The van der Waals surface area contributed by atoms with Gasteiger partial charge in [0.15, 0.2) is 5.96 Å². The van der Waals surface area contributed by atoms with E-state index in [2.05, 4.69) is 35.5 Å². The number of hydrogen-bond donors (Lipinski definition) is 2. The fourth-order valence-electron chi connectivity index (χ4n) is 1.72. The van der Waals surface area contributed by atoms with Crippen LogP contribution >= 0.6 is 11.3 Å². The molecule has 0 spiro atoms. The summed E-state index contributed by atoms with van der Waals surface area (Å²) in [5, 5.41) is 4.25. The summed E-state index contributed by atoms with van der Waals surface area (Å²) in [4.78, 5) is 5.53. The molecule has 0 atom stereocenters. The Morgan fingerprint density at radius 2 is 2.47 bits per heavy atom. The maximum atomic E-state index is 5.65. The quantitative estimate of drug-likeness (QED) is 0.807. The molecule has 1 aliphatic heterocycles. The number of thiophene rings is 1. The predicted molar refractivity (Wildman–Crippen MR) is 75.5 cm³/mol. The summed E-state index contributed by atoms with van der Waals surface area (Å²) in [6.07, 6.45) is 7.25. The van der Waals surface area contributed by atoms with Crippen LogP contribution in [0.15, 0.2) is 34.9 Å². The average Bonchev–Trinajstić information content (AvgIpc) is 2.67. The van der Waals surface area contributed by atoms with Gasteiger partial charge in [0.1, 0.15) is 5.00 Å². The maximum Gasteiger partial charge on any atom is 0.194 e. The van der Waals surface area contributed by atoms with Crippen LogP contribution in [0.1, 0.15) is 24.3 Å². The van der Waals surface area contributed by atoms with E-state index in [1.165, 1.54) is 16.0 Å². The highest BCUT2D eigenvalue weighted by Crippen LogP contribution is 2.31. The van der Waals surface area contributed by atoms with Gasteiger partial charge in [-0.25, -0.2) is 4.99 Å². The van der Waals surface area contributed by atoms with Gasteiger partial charge in [-0.3, -0.25) is 0 Å². The number of aliphatic imine (C=N–C) groups is 1. The fourth-order valence-corrected chi connectivity index (χ4v) is 2.89. The van der Waals surface area contributed by atoms with E-state index in [1.807, 2.05) is 13.0 Å². The Bertz CT molecular complexity index is 495. The van der Waals surface area contributed by atoms with Crippen molar-refractivity contribution < 1.29 is 0 Å². The lowest BCUT2D eigenvalue weighted by Gasteiger charge is -2.09. The first-order valence-electron chi connectivity index (χ1n) is 5.66. The summed E-state index contributed by atoms with van der Waals surface area (Å²) in [5.74, 6) is 0.520. The lowest BCUT2D eigenvalue weighted by Crippen LogP contribution is -2.24. The number of hydrogen-bond acceptors (Lipinski definition) is 4. The minimum absolute atomic E-state index is 0.520. The average molecular weight is 247 g/mol. The second-order valence-corrected chi connectivity index (χ2v) is 5.25. The molecule has 1 aliphatic rings. The SMILES string of the molecule is CC=CC=C(C)Cc1cc2c(s1)NC(N)=NC2. The van der Waals surface area contributed by atoms with Crippen molar-refractivity contribution in [1.82, 2.24) is 0 Å². The highest BCUT2D eigenvalue weighted by molar-refractivity contribution is 7.16. The van der Waals surface area contributed by atoms with Crippen LogP contribution in [-0.2, 0) is 13.0 Å². The van der Waals surface area contributed by atoms with Gasteiger partial charge in [-0.05, 0) is 19.9 Å². The lowest BCUT2D eigenvalue weighted by atomic mass is 10.1. The number of allylic oxidation sites excluding steroid dienone is 4. The Labute approximate surface area is 106 Å². The van der Waals surface area contributed by atoms with Crippen molar-refractivity contribution in [2.45, 2.75) is 26.8 Å². The Balaban J connectivity index is 2.10. The largest absolute Gasteiger partial charge is 0.370 e. The molecule has 0 saturated heterocycles. The summed E-state index contributed by atoms with van der Waals surface area (Å²) >= 11 is 1.76. The number of anilines is 1. The van der Waals surface area contributed by atoms with Gasteiger partial charge in [0, 0.05) is 16.9 Å². The van der Waals surface area contributed by atoms with Crippen LogP contribution in [0.3, 0.4) is 0 Å². The molecule has 0 saturated carbocycles. The van der Waals surface area contributed by atoms with E-state index in [0.717, 1.165) is 11.4 Å². The summed E-state index contributed by atoms with van der Waals surface area (Å²) in [5.41, 5.74) is 8.26. The third-order valence-corrected chi connectivity index (χ3v) is 3.64. The molecule has 4 heteroatoms. The van der Waals surface area contributed by atoms with Gasteiger partial charge in [-0.15, -0.1) is 11.3 Å². The zero-order chi connectivity index (χ0) is 12.3. The Kier molecular flexibility index (Phi) is 3.64. The molecule has 1 aromatic rings. The summed E-state index contributed by atoms with van der Waals surface area (Å²) in [7, 11) is 0. The third-order valence-electron chi connectivity index (χ3n) is 2.55. The zero-order valence-corrected chi connectivity index (χ0v) is 11.0. The van der Waals surface area contributed by atoms with Crippen molar-refractivity contribution in [3.8, 4) is 0 Å².